The van der Waals surface area contributed by atoms with Crippen LogP contribution in [0.1, 0.15) is 49.1 Å². The summed E-state index contributed by atoms with van der Waals surface area (Å²) in [6.45, 7) is 2.76. The summed E-state index contributed by atoms with van der Waals surface area (Å²) in [5, 5.41) is 12.5. The van der Waals surface area contributed by atoms with Gasteiger partial charge in [-0.25, -0.2) is 5.48 Å². The van der Waals surface area contributed by atoms with Crippen molar-refractivity contribution in [3.63, 3.8) is 0 Å². The molecule has 1 aromatic rings. The molecule has 1 aromatic carbocycles. The highest BCUT2D eigenvalue weighted by Crippen LogP contribution is 2.52. The van der Waals surface area contributed by atoms with Crippen LogP contribution in [0.4, 0.5) is 0 Å². The Morgan fingerprint density at radius 2 is 2.07 bits per heavy atom. The molecule has 3 N–H and O–H groups in total. The second-order valence-electron chi connectivity index (χ2n) is 8.92. The fourth-order valence-corrected chi connectivity index (χ4v) is 5.00. The summed E-state index contributed by atoms with van der Waals surface area (Å²) in [7, 11) is 1.70. The Hall–Kier alpha value is -1.96. The van der Waals surface area contributed by atoms with E-state index in [1.54, 1.807) is 12.6 Å². The number of carbonyl (C=O) groups excluding carboxylic acids is 2. The van der Waals surface area contributed by atoms with Gasteiger partial charge >= 0.3 is 0 Å². The molecule has 7 nitrogen and oxygen atoms in total. The van der Waals surface area contributed by atoms with Crippen LogP contribution in [0.2, 0.25) is 0 Å². The lowest BCUT2D eigenvalue weighted by molar-refractivity contribution is -0.145. The van der Waals surface area contributed by atoms with Gasteiger partial charge in [-0.05, 0) is 54.6 Å². The lowest BCUT2D eigenvalue weighted by atomic mass is 9.81. The molecule has 0 unspecified atom stereocenters. The third kappa shape index (κ3) is 4.32. The highest BCUT2D eigenvalue weighted by molar-refractivity contribution is 5.90. The molecular weight excluding hydrogens is 370 g/mol. The predicted octanol–water partition coefficient (Wildman–Crippen LogP) is 1.80. The number of piperidine rings is 2. The Kier molecular flexibility index (Phi) is 5.90. The van der Waals surface area contributed by atoms with Gasteiger partial charge in [0.1, 0.15) is 0 Å². The normalized spacial score (nSPS) is 26.3. The fourth-order valence-electron chi connectivity index (χ4n) is 5.00. The van der Waals surface area contributed by atoms with Crippen molar-refractivity contribution in [2.24, 2.45) is 11.3 Å². The van der Waals surface area contributed by atoms with Crippen molar-refractivity contribution >= 4 is 11.8 Å². The third-order valence-corrected chi connectivity index (χ3v) is 6.96. The molecule has 0 aromatic heterocycles. The van der Waals surface area contributed by atoms with Gasteiger partial charge in [0.15, 0.2) is 0 Å². The average molecular weight is 402 g/mol. The molecule has 2 aliphatic heterocycles. The van der Waals surface area contributed by atoms with Crippen molar-refractivity contribution in [1.29, 1.82) is 0 Å². The quantitative estimate of drug-likeness (QED) is 0.517. The molecule has 0 bridgehead atoms. The molecule has 2 heterocycles. The van der Waals surface area contributed by atoms with Gasteiger partial charge in [-0.15, -0.1) is 0 Å². The van der Waals surface area contributed by atoms with E-state index in [1.807, 2.05) is 4.90 Å². The van der Waals surface area contributed by atoms with Gasteiger partial charge in [0, 0.05) is 26.7 Å². The number of hydrogen-bond donors (Lipinski definition) is 3. The van der Waals surface area contributed by atoms with Crippen LogP contribution >= 0.6 is 0 Å². The van der Waals surface area contributed by atoms with Crippen LogP contribution in [-0.2, 0) is 20.9 Å². The van der Waals surface area contributed by atoms with E-state index in [4.69, 9.17) is 9.94 Å². The smallest absolute Gasteiger partial charge is 0.248 e. The van der Waals surface area contributed by atoms with E-state index in [1.165, 1.54) is 11.1 Å². The van der Waals surface area contributed by atoms with Crippen LogP contribution in [-0.4, -0.2) is 54.7 Å². The Morgan fingerprint density at radius 1 is 1.31 bits per heavy atom. The summed E-state index contributed by atoms with van der Waals surface area (Å²) < 4.78 is 5.23. The molecule has 1 saturated carbocycles. The number of carbonyl (C=O) groups is 2. The number of benzene rings is 1. The lowest BCUT2D eigenvalue weighted by Gasteiger charge is -2.40. The first-order chi connectivity index (χ1) is 14.0. The molecule has 1 spiro atoms. The third-order valence-electron chi connectivity index (χ3n) is 6.96. The number of nitrogens with zero attached hydrogens (tertiary/aromatic N) is 1. The van der Waals surface area contributed by atoms with Gasteiger partial charge < -0.3 is 15.0 Å². The van der Waals surface area contributed by atoms with Gasteiger partial charge in [0.2, 0.25) is 11.8 Å². The van der Waals surface area contributed by atoms with Gasteiger partial charge in [-0.2, -0.15) is 0 Å². The van der Waals surface area contributed by atoms with Crippen LogP contribution in [0.15, 0.2) is 24.3 Å². The molecule has 3 fully saturated rings. The summed E-state index contributed by atoms with van der Waals surface area (Å²) in [5.74, 6) is -0.541. The van der Waals surface area contributed by atoms with Crippen molar-refractivity contribution in [2.45, 2.75) is 50.7 Å². The first-order valence-electron chi connectivity index (χ1n) is 10.6. The largest absolute Gasteiger partial charge is 0.380 e. The van der Waals surface area contributed by atoms with Crippen LogP contribution in [0.5, 0.6) is 0 Å². The summed E-state index contributed by atoms with van der Waals surface area (Å²) in [6.07, 6.45) is 4.67. The molecule has 2 saturated heterocycles. The van der Waals surface area contributed by atoms with E-state index in [2.05, 4.69) is 29.6 Å². The SMILES string of the molecule is COCc1cccc(C2CCN(C(=O)[C@H]3NCC4(CC4)C[C@@H]3C(=O)NO)CC2)c1. The Morgan fingerprint density at radius 3 is 2.72 bits per heavy atom. The van der Waals surface area contributed by atoms with Gasteiger partial charge in [-0.3, -0.25) is 14.8 Å². The Bertz CT molecular complexity index is 756. The zero-order valence-electron chi connectivity index (χ0n) is 17.0. The molecule has 158 valence electrons. The summed E-state index contributed by atoms with van der Waals surface area (Å²) >= 11 is 0. The molecule has 0 radical (unpaired) electrons. The number of methoxy groups -OCH3 is 1. The predicted molar refractivity (Wildman–Crippen MR) is 107 cm³/mol. The molecule has 3 aliphatic rings. The van der Waals surface area contributed by atoms with Gasteiger partial charge in [0.05, 0.1) is 18.6 Å². The second-order valence-corrected chi connectivity index (χ2v) is 8.92. The first-order valence-corrected chi connectivity index (χ1v) is 10.6. The molecule has 2 atom stereocenters. The molecule has 2 amide bonds. The Balaban J connectivity index is 1.38. The maximum Gasteiger partial charge on any atom is 0.248 e. The highest BCUT2D eigenvalue weighted by atomic mass is 16.5. The minimum atomic E-state index is -0.546. The molecule has 7 heteroatoms. The number of nitrogens with one attached hydrogen (secondary N) is 2. The van der Waals surface area contributed by atoms with E-state index >= 15 is 0 Å². The van der Waals surface area contributed by atoms with Gasteiger partial charge in [-0.1, -0.05) is 24.3 Å². The monoisotopic (exact) mass is 401 g/mol. The topological polar surface area (TPSA) is 90.9 Å². The van der Waals surface area contributed by atoms with E-state index in [0.717, 1.165) is 32.2 Å². The fraction of sp³-hybridized carbons (Fsp3) is 0.636. The summed E-state index contributed by atoms with van der Waals surface area (Å²) in [4.78, 5) is 27.3. The van der Waals surface area contributed by atoms with Crippen LogP contribution in [0.3, 0.4) is 0 Å². The summed E-state index contributed by atoms with van der Waals surface area (Å²) in [6, 6.07) is 7.94. The van der Waals surface area contributed by atoms with Crippen molar-refractivity contribution < 1.29 is 19.5 Å². The highest BCUT2D eigenvalue weighted by Gasteiger charge is 2.52. The number of hydrogen-bond acceptors (Lipinski definition) is 5. The molecule has 29 heavy (non-hydrogen) atoms. The Labute approximate surface area is 171 Å². The lowest BCUT2D eigenvalue weighted by Crippen LogP contribution is -2.59. The number of amides is 2. The number of rotatable bonds is 5. The van der Waals surface area contributed by atoms with Crippen LogP contribution in [0, 0.1) is 11.3 Å². The maximum atomic E-state index is 13.2. The van der Waals surface area contributed by atoms with E-state index in [-0.39, 0.29) is 11.3 Å². The summed E-state index contributed by atoms with van der Waals surface area (Å²) in [5.41, 5.74) is 4.39. The zero-order valence-corrected chi connectivity index (χ0v) is 17.0. The van der Waals surface area contributed by atoms with Crippen molar-refractivity contribution in [1.82, 2.24) is 15.7 Å². The van der Waals surface area contributed by atoms with E-state index in [0.29, 0.717) is 32.0 Å². The van der Waals surface area contributed by atoms with Gasteiger partial charge in [0.25, 0.3) is 0 Å². The number of likely N-dealkylation sites (tertiary alicyclic amines) is 1. The maximum absolute atomic E-state index is 13.2. The second kappa shape index (κ2) is 8.42. The molecule has 4 rings (SSSR count). The number of ether oxygens (including phenoxy) is 1. The van der Waals surface area contributed by atoms with Crippen LogP contribution < -0.4 is 10.8 Å². The number of hydroxylamine groups is 1. The van der Waals surface area contributed by atoms with E-state index < -0.39 is 17.9 Å². The van der Waals surface area contributed by atoms with E-state index in [9.17, 15) is 9.59 Å². The van der Waals surface area contributed by atoms with Crippen LogP contribution in [0.25, 0.3) is 0 Å². The minimum Gasteiger partial charge on any atom is -0.380 e. The molecular formula is C22H31N3O4. The zero-order chi connectivity index (χ0) is 20.4. The molecule has 1 aliphatic carbocycles. The minimum absolute atomic E-state index is 0.0133. The van der Waals surface area contributed by atoms with Crippen molar-refractivity contribution in [2.75, 3.05) is 26.7 Å². The standard InChI is InChI=1S/C22H31N3O4/c1-29-13-15-3-2-4-17(11-15)16-5-9-25(10-6-16)21(27)19-18(20(26)24-28)12-22(7-8-22)14-23-19/h2-4,11,16,18-19,23,28H,5-10,12-14H2,1H3,(H,24,26)/t18-,19-/m0/s1. The van der Waals surface area contributed by atoms with Crippen molar-refractivity contribution in [3.8, 4) is 0 Å². The average Bonchev–Trinajstić information content (AvgIpc) is 3.52. The first kappa shape index (κ1) is 20.3. The van der Waals surface area contributed by atoms with Crippen molar-refractivity contribution in [3.05, 3.63) is 35.4 Å².